The predicted octanol–water partition coefficient (Wildman–Crippen LogP) is 2.68. The van der Waals surface area contributed by atoms with Gasteiger partial charge in [-0.2, -0.15) is 0 Å². The van der Waals surface area contributed by atoms with E-state index in [1.54, 1.807) is 18.6 Å². The summed E-state index contributed by atoms with van der Waals surface area (Å²) in [7, 11) is 0. The molecule has 5 heteroatoms. The first-order chi connectivity index (χ1) is 7.68. The molecule has 2 rings (SSSR count). The highest BCUT2D eigenvalue weighted by Gasteiger charge is 2.18. The van der Waals surface area contributed by atoms with Crippen molar-refractivity contribution in [1.29, 1.82) is 0 Å². The van der Waals surface area contributed by atoms with Crippen molar-refractivity contribution in [3.63, 3.8) is 0 Å². The van der Waals surface area contributed by atoms with Crippen LogP contribution in [0.5, 0.6) is 0 Å². The van der Waals surface area contributed by atoms with Crippen LogP contribution in [0.2, 0.25) is 0 Å². The number of hydrogen-bond acceptors (Lipinski definition) is 5. The first-order valence-corrected chi connectivity index (χ1v) is 5.82. The zero-order valence-corrected chi connectivity index (χ0v) is 9.95. The van der Waals surface area contributed by atoms with Crippen molar-refractivity contribution < 1.29 is 9.21 Å². The lowest BCUT2D eigenvalue weighted by atomic mass is 10.1. The minimum absolute atomic E-state index is 0.0556. The van der Waals surface area contributed by atoms with Crippen LogP contribution in [0, 0.1) is 0 Å². The van der Waals surface area contributed by atoms with Crippen LogP contribution in [-0.2, 0) is 6.42 Å². The number of rotatable bonds is 4. The summed E-state index contributed by atoms with van der Waals surface area (Å²) in [5.41, 5.74) is 1.67. The number of carbonyl (C=O) groups is 1. The summed E-state index contributed by atoms with van der Waals surface area (Å²) in [5.74, 6) is 0.280. The maximum atomic E-state index is 12.0. The van der Waals surface area contributed by atoms with Gasteiger partial charge in [0.2, 0.25) is 0 Å². The van der Waals surface area contributed by atoms with Crippen LogP contribution >= 0.6 is 11.5 Å². The Bertz CT molecular complexity index is 474. The number of ketones is 1. The van der Waals surface area contributed by atoms with Crippen LogP contribution in [0.15, 0.2) is 23.0 Å². The second-order valence-corrected chi connectivity index (χ2v) is 4.63. The van der Waals surface area contributed by atoms with Gasteiger partial charge in [0, 0.05) is 6.42 Å². The fourth-order valence-corrected chi connectivity index (χ4v) is 2.18. The van der Waals surface area contributed by atoms with E-state index in [-0.39, 0.29) is 11.7 Å². The predicted molar refractivity (Wildman–Crippen MR) is 60.7 cm³/mol. The fourth-order valence-electron chi connectivity index (χ4n) is 1.43. The van der Waals surface area contributed by atoms with E-state index in [1.807, 2.05) is 13.8 Å². The molecule has 0 amide bonds. The van der Waals surface area contributed by atoms with Crippen LogP contribution in [0.3, 0.4) is 0 Å². The summed E-state index contributed by atoms with van der Waals surface area (Å²) in [6.45, 7) is 4.01. The molecule has 0 spiro atoms. The minimum Gasteiger partial charge on any atom is -0.472 e. The third-order valence-corrected chi connectivity index (χ3v) is 3.04. The summed E-state index contributed by atoms with van der Waals surface area (Å²) >= 11 is 1.17. The lowest BCUT2D eigenvalue weighted by Gasteiger charge is -2.01. The molecule has 16 heavy (non-hydrogen) atoms. The van der Waals surface area contributed by atoms with Crippen molar-refractivity contribution in [1.82, 2.24) is 9.59 Å². The molecule has 0 aliphatic heterocycles. The lowest BCUT2D eigenvalue weighted by Crippen LogP contribution is -2.05. The minimum atomic E-state index is 0.0556. The number of hydrogen-bond donors (Lipinski definition) is 0. The van der Waals surface area contributed by atoms with Crippen LogP contribution < -0.4 is 0 Å². The molecule has 0 unspecified atom stereocenters. The van der Waals surface area contributed by atoms with Crippen LogP contribution in [0.25, 0.3) is 0 Å². The summed E-state index contributed by atoms with van der Waals surface area (Å²) in [6, 6.07) is 1.79. The second kappa shape index (κ2) is 4.57. The molecule has 0 atom stereocenters. The Morgan fingerprint density at radius 1 is 1.56 bits per heavy atom. The Hall–Kier alpha value is -1.49. The highest BCUT2D eigenvalue weighted by Crippen LogP contribution is 2.21. The van der Waals surface area contributed by atoms with E-state index in [0.717, 1.165) is 11.3 Å². The van der Waals surface area contributed by atoms with Gasteiger partial charge in [-0.25, -0.2) is 0 Å². The average Bonchev–Trinajstić information content (AvgIpc) is 2.86. The summed E-state index contributed by atoms with van der Waals surface area (Å²) in [4.78, 5) is 12.7. The van der Waals surface area contributed by atoms with Crippen molar-refractivity contribution in [3.05, 3.63) is 34.7 Å². The molecule has 84 valence electrons. The van der Waals surface area contributed by atoms with Crippen molar-refractivity contribution in [2.24, 2.45) is 0 Å². The Balaban J connectivity index is 2.18. The highest BCUT2D eigenvalue weighted by atomic mass is 32.1. The van der Waals surface area contributed by atoms with Gasteiger partial charge in [0.25, 0.3) is 0 Å². The quantitative estimate of drug-likeness (QED) is 0.766. The average molecular weight is 236 g/mol. The summed E-state index contributed by atoms with van der Waals surface area (Å²) in [5, 5.41) is 3.99. The van der Waals surface area contributed by atoms with E-state index in [9.17, 15) is 4.79 Å². The third kappa shape index (κ3) is 2.19. The van der Waals surface area contributed by atoms with Gasteiger partial charge >= 0.3 is 0 Å². The highest BCUT2D eigenvalue weighted by molar-refractivity contribution is 7.08. The Morgan fingerprint density at radius 2 is 2.38 bits per heavy atom. The Morgan fingerprint density at radius 3 is 3.00 bits per heavy atom. The van der Waals surface area contributed by atoms with Crippen LogP contribution in [-0.4, -0.2) is 15.4 Å². The molecule has 0 saturated heterocycles. The first-order valence-electron chi connectivity index (χ1n) is 5.05. The molecular formula is C11H12N2O2S. The molecule has 2 aromatic rings. The standard InChI is InChI=1S/C11H12N2O2S/c1-7(2)10-11(16-13-12-10)9(14)5-8-3-4-15-6-8/h3-4,6-7H,5H2,1-2H3. The van der Waals surface area contributed by atoms with Gasteiger partial charge in [0.05, 0.1) is 18.2 Å². The maximum absolute atomic E-state index is 12.0. The molecule has 0 fully saturated rings. The Kier molecular flexibility index (Phi) is 3.14. The van der Waals surface area contributed by atoms with Gasteiger partial charge in [-0.3, -0.25) is 4.79 Å². The molecular weight excluding hydrogens is 224 g/mol. The smallest absolute Gasteiger partial charge is 0.180 e. The number of carbonyl (C=O) groups excluding carboxylic acids is 1. The molecule has 0 aliphatic rings. The van der Waals surface area contributed by atoms with E-state index < -0.39 is 0 Å². The van der Waals surface area contributed by atoms with Gasteiger partial charge < -0.3 is 4.42 Å². The number of aromatic nitrogens is 2. The van der Waals surface area contributed by atoms with Gasteiger partial charge in [-0.05, 0) is 29.1 Å². The SMILES string of the molecule is CC(C)c1nnsc1C(=O)Cc1ccoc1. The molecule has 2 heterocycles. The van der Waals surface area contributed by atoms with Gasteiger partial charge in [-0.15, -0.1) is 5.10 Å². The molecule has 0 aromatic carbocycles. The van der Waals surface area contributed by atoms with Crippen molar-refractivity contribution in [2.75, 3.05) is 0 Å². The van der Waals surface area contributed by atoms with Crippen molar-refractivity contribution >= 4 is 17.3 Å². The van der Waals surface area contributed by atoms with E-state index in [2.05, 4.69) is 9.59 Å². The van der Waals surface area contributed by atoms with Crippen molar-refractivity contribution in [3.8, 4) is 0 Å². The normalized spacial score (nSPS) is 10.9. The molecule has 2 aromatic heterocycles. The van der Waals surface area contributed by atoms with E-state index in [1.165, 1.54) is 11.5 Å². The van der Waals surface area contributed by atoms with Gasteiger partial charge in [0.15, 0.2) is 5.78 Å². The molecule has 0 bridgehead atoms. The number of Topliss-reactive ketones (excluding diaryl/α,β-unsaturated/α-hetero) is 1. The number of furan rings is 1. The topological polar surface area (TPSA) is 56.0 Å². The van der Waals surface area contributed by atoms with Crippen molar-refractivity contribution in [2.45, 2.75) is 26.2 Å². The zero-order chi connectivity index (χ0) is 11.5. The van der Waals surface area contributed by atoms with Gasteiger partial charge in [-0.1, -0.05) is 18.3 Å². The largest absolute Gasteiger partial charge is 0.472 e. The first kappa shape index (κ1) is 11.0. The Labute approximate surface area is 97.5 Å². The molecule has 4 nitrogen and oxygen atoms in total. The lowest BCUT2D eigenvalue weighted by molar-refractivity contribution is 0.0995. The monoisotopic (exact) mass is 236 g/mol. The van der Waals surface area contributed by atoms with E-state index in [4.69, 9.17) is 4.42 Å². The maximum Gasteiger partial charge on any atom is 0.180 e. The molecule has 0 radical (unpaired) electrons. The summed E-state index contributed by atoms with van der Waals surface area (Å²) in [6.07, 6.45) is 3.50. The molecule has 0 saturated carbocycles. The molecule has 0 N–H and O–H groups in total. The summed E-state index contributed by atoms with van der Waals surface area (Å²) < 4.78 is 8.77. The van der Waals surface area contributed by atoms with E-state index >= 15 is 0 Å². The third-order valence-electron chi connectivity index (χ3n) is 2.26. The molecule has 0 aliphatic carbocycles. The van der Waals surface area contributed by atoms with Crippen LogP contribution in [0.4, 0.5) is 0 Å². The van der Waals surface area contributed by atoms with E-state index in [0.29, 0.717) is 11.3 Å². The van der Waals surface area contributed by atoms with Gasteiger partial charge in [0.1, 0.15) is 4.88 Å². The number of nitrogens with zero attached hydrogens (tertiary/aromatic N) is 2. The second-order valence-electron chi connectivity index (χ2n) is 3.87. The fraction of sp³-hybridized carbons (Fsp3) is 0.364. The van der Waals surface area contributed by atoms with Crippen LogP contribution in [0.1, 0.15) is 40.7 Å². The zero-order valence-electron chi connectivity index (χ0n) is 9.14.